The summed E-state index contributed by atoms with van der Waals surface area (Å²) in [5.41, 5.74) is 8.43. The van der Waals surface area contributed by atoms with Crippen molar-refractivity contribution in [2.24, 2.45) is 5.73 Å². The van der Waals surface area contributed by atoms with Gasteiger partial charge in [0.1, 0.15) is 0 Å². The Kier molecular flexibility index (Phi) is 8.12. The monoisotopic (exact) mass is 344 g/mol. The van der Waals surface area contributed by atoms with E-state index in [0.29, 0.717) is 18.7 Å². The smallest absolute Gasteiger partial charge is 0.161 e. The van der Waals surface area contributed by atoms with Gasteiger partial charge >= 0.3 is 0 Å². The molecule has 1 aliphatic heterocycles. The van der Waals surface area contributed by atoms with Gasteiger partial charge < -0.3 is 19.9 Å². The van der Waals surface area contributed by atoms with Crippen LogP contribution >= 0.6 is 12.4 Å². The summed E-state index contributed by atoms with van der Waals surface area (Å²) in [5.74, 6) is 1.55. The molecule has 2 N–H and O–H groups in total. The molecule has 2 unspecified atom stereocenters. The van der Waals surface area contributed by atoms with E-state index >= 15 is 0 Å². The van der Waals surface area contributed by atoms with E-state index in [2.05, 4.69) is 17.9 Å². The van der Waals surface area contributed by atoms with E-state index in [9.17, 15) is 0 Å². The van der Waals surface area contributed by atoms with Gasteiger partial charge in [0.2, 0.25) is 0 Å². The van der Waals surface area contributed by atoms with Crippen LogP contribution in [-0.4, -0.2) is 51.5 Å². The highest BCUT2D eigenvalue weighted by Crippen LogP contribution is 2.32. The Bertz CT molecular complexity index is 499. The number of rotatable bonds is 6. The second kappa shape index (κ2) is 9.33. The number of ether oxygens (including phenoxy) is 3. The predicted octanol–water partition coefficient (Wildman–Crippen LogP) is 2.37. The van der Waals surface area contributed by atoms with Crippen LogP contribution in [0.3, 0.4) is 0 Å². The fraction of sp³-hybridized carbons (Fsp3) is 0.647. The molecule has 1 heterocycles. The lowest BCUT2D eigenvalue weighted by Crippen LogP contribution is -2.48. The summed E-state index contributed by atoms with van der Waals surface area (Å²) in [5, 5.41) is 0. The average Bonchev–Trinajstić information content (AvgIpc) is 2.56. The lowest BCUT2D eigenvalue weighted by molar-refractivity contribution is 0.0101. The highest BCUT2D eigenvalue weighted by molar-refractivity contribution is 5.85. The summed E-state index contributed by atoms with van der Waals surface area (Å²) >= 11 is 0. The summed E-state index contributed by atoms with van der Waals surface area (Å²) in [4.78, 5) is 2.45. The van der Waals surface area contributed by atoms with Crippen molar-refractivity contribution in [3.8, 4) is 11.5 Å². The van der Waals surface area contributed by atoms with Crippen molar-refractivity contribution in [1.82, 2.24) is 4.90 Å². The quantitative estimate of drug-likeness (QED) is 0.858. The first kappa shape index (κ1) is 20.0. The molecule has 0 radical (unpaired) electrons. The van der Waals surface area contributed by atoms with Gasteiger partial charge in [-0.2, -0.15) is 0 Å². The van der Waals surface area contributed by atoms with Gasteiger partial charge in [-0.05, 0) is 43.0 Å². The molecule has 0 amide bonds. The van der Waals surface area contributed by atoms with Gasteiger partial charge in [-0.3, -0.25) is 4.90 Å². The molecule has 0 aliphatic carbocycles. The number of likely N-dealkylation sites (tertiary alicyclic amines) is 1. The molecule has 0 bridgehead atoms. The summed E-state index contributed by atoms with van der Waals surface area (Å²) in [6.07, 6.45) is 2.38. The third-order valence-electron chi connectivity index (χ3n) is 4.61. The molecule has 1 fully saturated rings. The van der Waals surface area contributed by atoms with Crippen molar-refractivity contribution in [1.29, 1.82) is 0 Å². The number of nitrogens with zero attached hydrogens (tertiary/aromatic N) is 1. The molecule has 1 aliphatic rings. The summed E-state index contributed by atoms with van der Waals surface area (Å²) in [7, 11) is 5.12. The zero-order valence-electron chi connectivity index (χ0n) is 14.5. The van der Waals surface area contributed by atoms with Gasteiger partial charge in [0.15, 0.2) is 11.5 Å². The number of hydrogen-bond donors (Lipinski definition) is 1. The van der Waals surface area contributed by atoms with Crippen LogP contribution in [0, 0.1) is 6.92 Å². The van der Waals surface area contributed by atoms with Crippen LogP contribution in [0.2, 0.25) is 0 Å². The number of piperidine rings is 1. The third-order valence-corrected chi connectivity index (χ3v) is 4.61. The van der Waals surface area contributed by atoms with Crippen molar-refractivity contribution < 1.29 is 14.2 Å². The Labute approximate surface area is 145 Å². The van der Waals surface area contributed by atoms with Gasteiger partial charge in [0.25, 0.3) is 0 Å². The molecule has 6 heteroatoms. The molecule has 132 valence electrons. The molecule has 2 rings (SSSR count). The van der Waals surface area contributed by atoms with E-state index in [1.54, 1.807) is 21.3 Å². The Morgan fingerprint density at radius 2 is 1.83 bits per heavy atom. The maximum absolute atomic E-state index is 5.96. The standard InChI is InChI=1S/C17H28N2O3.ClH/c1-12-7-16(21-3)17(22-4)8-13(12)11-19-6-5-15(20-2)9-14(19)10-18;/h7-8,14-15H,5-6,9-11,18H2,1-4H3;1H. The minimum Gasteiger partial charge on any atom is -0.493 e. The second-order valence-corrected chi connectivity index (χ2v) is 5.88. The van der Waals surface area contributed by atoms with E-state index in [0.717, 1.165) is 37.4 Å². The lowest BCUT2D eigenvalue weighted by Gasteiger charge is -2.38. The van der Waals surface area contributed by atoms with Gasteiger partial charge in [0, 0.05) is 32.8 Å². The van der Waals surface area contributed by atoms with E-state index in [1.165, 1.54) is 11.1 Å². The number of aryl methyl sites for hydroxylation is 1. The van der Waals surface area contributed by atoms with Crippen LogP contribution in [0.4, 0.5) is 0 Å². The topological polar surface area (TPSA) is 57.0 Å². The molecule has 23 heavy (non-hydrogen) atoms. The van der Waals surface area contributed by atoms with Crippen molar-refractivity contribution in [3.05, 3.63) is 23.3 Å². The van der Waals surface area contributed by atoms with Crippen LogP contribution in [0.5, 0.6) is 11.5 Å². The third kappa shape index (κ3) is 4.73. The second-order valence-electron chi connectivity index (χ2n) is 5.88. The minimum atomic E-state index is 0. The highest BCUT2D eigenvalue weighted by Gasteiger charge is 2.28. The lowest BCUT2D eigenvalue weighted by atomic mass is 9.97. The van der Waals surface area contributed by atoms with Crippen LogP contribution in [0.15, 0.2) is 12.1 Å². The Hall–Kier alpha value is -1.01. The zero-order chi connectivity index (χ0) is 16.1. The summed E-state index contributed by atoms with van der Waals surface area (Å²) in [6, 6.07) is 4.48. The fourth-order valence-electron chi connectivity index (χ4n) is 3.14. The van der Waals surface area contributed by atoms with Gasteiger partial charge in [-0.1, -0.05) is 0 Å². The number of nitrogens with two attached hydrogens (primary N) is 1. The number of methoxy groups -OCH3 is 3. The largest absolute Gasteiger partial charge is 0.493 e. The molecule has 0 spiro atoms. The summed E-state index contributed by atoms with van der Waals surface area (Å²) < 4.78 is 16.3. The van der Waals surface area contributed by atoms with E-state index in [1.807, 2.05) is 6.07 Å². The van der Waals surface area contributed by atoms with Crippen molar-refractivity contribution >= 4 is 12.4 Å². The van der Waals surface area contributed by atoms with Gasteiger partial charge in [0.05, 0.1) is 20.3 Å². The van der Waals surface area contributed by atoms with Crippen LogP contribution in [0.25, 0.3) is 0 Å². The maximum atomic E-state index is 5.96. The maximum Gasteiger partial charge on any atom is 0.161 e. The average molecular weight is 345 g/mol. The zero-order valence-corrected chi connectivity index (χ0v) is 15.3. The Morgan fingerprint density at radius 3 is 2.39 bits per heavy atom. The Morgan fingerprint density at radius 1 is 1.17 bits per heavy atom. The summed E-state index contributed by atoms with van der Waals surface area (Å²) in [6.45, 7) is 4.65. The molecule has 0 aromatic heterocycles. The number of halogens is 1. The molecular formula is C17H29ClN2O3. The van der Waals surface area contributed by atoms with Crippen molar-refractivity contribution in [2.45, 2.75) is 38.5 Å². The first-order valence-electron chi connectivity index (χ1n) is 7.81. The van der Waals surface area contributed by atoms with E-state index < -0.39 is 0 Å². The molecule has 2 atom stereocenters. The molecule has 1 aromatic carbocycles. The first-order valence-corrected chi connectivity index (χ1v) is 7.81. The van der Waals surface area contributed by atoms with Crippen molar-refractivity contribution in [3.63, 3.8) is 0 Å². The van der Waals surface area contributed by atoms with Crippen LogP contribution in [-0.2, 0) is 11.3 Å². The number of benzene rings is 1. The molecular weight excluding hydrogens is 316 g/mol. The minimum absolute atomic E-state index is 0. The first-order chi connectivity index (χ1) is 10.6. The van der Waals surface area contributed by atoms with Crippen molar-refractivity contribution in [2.75, 3.05) is 34.4 Å². The fourth-order valence-corrected chi connectivity index (χ4v) is 3.14. The van der Waals surface area contributed by atoms with Crippen LogP contribution in [0.1, 0.15) is 24.0 Å². The Balaban J connectivity index is 0.00000264. The van der Waals surface area contributed by atoms with Gasteiger partial charge in [-0.15, -0.1) is 12.4 Å². The predicted molar refractivity (Wildman–Crippen MR) is 94.8 cm³/mol. The molecule has 0 saturated carbocycles. The normalized spacial score (nSPS) is 21.6. The van der Waals surface area contributed by atoms with E-state index in [-0.39, 0.29) is 12.4 Å². The molecule has 1 saturated heterocycles. The molecule has 1 aromatic rings. The number of hydrogen-bond acceptors (Lipinski definition) is 5. The SMILES string of the molecule is COc1cc(C)c(CN2CCC(OC)CC2CN)cc1OC.Cl. The highest BCUT2D eigenvalue weighted by atomic mass is 35.5. The van der Waals surface area contributed by atoms with Crippen LogP contribution < -0.4 is 15.2 Å². The van der Waals surface area contributed by atoms with Gasteiger partial charge in [-0.25, -0.2) is 0 Å². The molecule has 5 nitrogen and oxygen atoms in total. The van der Waals surface area contributed by atoms with E-state index in [4.69, 9.17) is 19.9 Å².